The second kappa shape index (κ2) is 9.54. The number of nitrogens with zero attached hydrogens (tertiary/aromatic N) is 4. The third-order valence-electron chi connectivity index (χ3n) is 7.10. The van der Waals surface area contributed by atoms with Crippen molar-refractivity contribution in [1.29, 1.82) is 0 Å². The van der Waals surface area contributed by atoms with E-state index in [-0.39, 0.29) is 11.7 Å². The Morgan fingerprint density at radius 1 is 1.16 bits per heavy atom. The maximum atomic E-state index is 12.8. The van der Waals surface area contributed by atoms with Gasteiger partial charge in [0.2, 0.25) is 5.91 Å². The Hall–Kier alpha value is -4.46. The van der Waals surface area contributed by atoms with Crippen LogP contribution < -0.4 is 0 Å². The van der Waals surface area contributed by atoms with Crippen LogP contribution in [0.1, 0.15) is 35.9 Å². The number of carbonyl (C=O) groups is 1. The van der Waals surface area contributed by atoms with E-state index in [0.717, 1.165) is 63.1 Å². The van der Waals surface area contributed by atoms with Crippen molar-refractivity contribution >= 4 is 16.8 Å². The number of fused-ring (bicyclic) bond motifs is 2. The average molecular weight is 493 g/mol. The fourth-order valence-corrected chi connectivity index (χ4v) is 5.10. The molecule has 0 saturated carbocycles. The van der Waals surface area contributed by atoms with E-state index in [1.165, 1.54) is 0 Å². The minimum atomic E-state index is 0.143. The topological polar surface area (TPSA) is 111 Å². The molecule has 1 aliphatic heterocycles. The highest BCUT2D eigenvalue weighted by Crippen LogP contribution is 2.33. The van der Waals surface area contributed by atoms with Crippen LogP contribution in [-0.2, 0) is 30.6 Å². The molecule has 3 aromatic heterocycles. The molecule has 5 aromatic rings. The van der Waals surface area contributed by atoms with Crippen molar-refractivity contribution < 1.29 is 9.90 Å². The summed E-state index contributed by atoms with van der Waals surface area (Å²) in [6.45, 7) is 3.28. The molecular formula is C29H28N6O2. The number of rotatable bonds is 6. The molecule has 0 spiro atoms. The largest absolute Gasteiger partial charge is 0.508 e. The van der Waals surface area contributed by atoms with E-state index in [1.807, 2.05) is 35.4 Å². The van der Waals surface area contributed by atoms with Gasteiger partial charge >= 0.3 is 0 Å². The summed E-state index contributed by atoms with van der Waals surface area (Å²) in [6, 6.07) is 15.6. The van der Waals surface area contributed by atoms with Gasteiger partial charge < -0.3 is 15.0 Å². The summed E-state index contributed by atoms with van der Waals surface area (Å²) in [4.78, 5) is 27.1. The van der Waals surface area contributed by atoms with E-state index in [9.17, 15) is 9.90 Å². The molecule has 3 N–H and O–H groups in total. The van der Waals surface area contributed by atoms with E-state index in [1.54, 1.807) is 12.3 Å². The summed E-state index contributed by atoms with van der Waals surface area (Å²) in [6.07, 6.45) is 6.26. The Morgan fingerprint density at radius 2 is 2.08 bits per heavy atom. The standard InChI is InChI=1S/C29H28N6O2/c1-2-19-14-21(36)7-9-22(19)20-6-8-23-25(15-20)33-34-28(23)29-31-24-11-13-35(17-26(24)32-29)27(37)10-5-18-4-3-12-30-16-18/h3-4,6-9,12,14-16,36H,2,5,10-11,13,17H2,1H3,(H,31,32)(H,33,34). The minimum Gasteiger partial charge on any atom is -0.508 e. The first-order valence-corrected chi connectivity index (χ1v) is 12.6. The van der Waals surface area contributed by atoms with E-state index in [0.29, 0.717) is 31.8 Å². The first-order chi connectivity index (χ1) is 18.1. The SMILES string of the molecule is CCc1cc(O)ccc1-c1ccc2c(-c3nc4c([nH]3)CN(C(=O)CCc3cccnc3)CC4)n[nH]c2c1. The van der Waals surface area contributed by atoms with Crippen LogP contribution in [0.5, 0.6) is 5.75 Å². The van der Waals surface area contributed by atoms with Crippen LogP contribution in [0.3, 0.4) is 0 Å². The second-order valence-corrected chi connectivity index (χ2v) is 9.46. The highest BCUT2D eigenvalue weighted by atomic mass is 16.3. The number of nitrogens with one attached hydrogen (secondary N) is 2. The fraction of sp³-hybridized carbons (Fsp3) is 0.241. The number of amides is 1. The minimum absolute atomic E-state index is 0.143. The number of H-pyrrole nitrogens is 2. The van der Waals surface area contributed by atoms with Gasteiger partial charge in [-0.05, 0) is 65.4 Å². The summed E-state index contributed by atoms with van der Waals surface area (Å²) >= 11 is 0. The number of aromatic hydroxyl groups is 1. The molecule has 6 rings (SSSR count). The van der Waals surface area contributed by atoms with Crippen LogP contribution in [0, 0.1) is 0 Å². The molecule has 0 saturated heterocycles. The van der Waals surface area contributed by atoms with Crippen molar-refractivity contribution in [3.63, 3.8) is 0 Å². The number of hydrogen-bond donors (Lipinski definition) is 3. The number of aromatic amines is 2. The number of aryl methyl sites for hydroxylation is 2. The third kappa shape index (κ3) is 4.46. The van der Waals surface area contributed by atoms with Crippen LogP contribution in [0.2, 0.25) is 0 Å². The van der Waals surface area contributed by atoms with Gasteiger partial charge in [-0.15, -0.1) is 0 Å². The van der Waals surface area contributed by atoms with Gasteiger partial charge in [0.1, 0.15) is 11.4 Å². The Balaban J connectivity index is 1.21. The maximum absolute atomic E-state index is 12.8. The molecule has 4 heterocycles. The van der Waals surface area contributed by atoms with Crippen LogP contribution in [0.4, 0.5) is 0 Å². The molecule has 8 heteroatoms. The van der Waals surface area contributed by atoms with Gasteiger partial charge in [-0.25, -0.2) is 4.98 Å². The number of phenolic OH excluding ortho intramolecular Hbond substituents is 1. The van der Waals surface area contributed by atoms with Gasteiger partial charge in [-0.1, -0.05) is 25.1 Å². The predicted molar refractivity (Wildman–Crippen MR) is 142 cm³/mol. The number of imidazole rings is 1. The molecule has 0 unspecified atom stereocenters. The first-order valence-electron chi connectivity index (χ1n) is 12.6. The lowest BCUT2D eigenvalue weighted by molar-refractivity contribution is -0.132. The molecule has 1 aliphatic rings. The highest BCUT2D eigenvalue weighted by Gasteiger charge is 2.25. The Labute approximate surface area is 214 Å². The van der Waals surface area contributed by atoms with E-state index in [4.69, 9.17) is 4.98 Å². The van der Waals surface area contributed by atoms with Gasteiger partial charge in [-0.2, -0.15) is 5.10 Å². The summed E-state index contributed by atoms with van der Waals surface area (Å²) in [5.74, 6) is 1.14. The Morgan fingerprint density at radius 3 is 2.92 bits per heavy atom. The first kappa shape index (κ1) is 23.0. The normalized spacial score (nSPS) is 13.2. The molecule has 0 radical (unpaired) electrons. The number of phenols is 1. The lowest BCUT2D eigenvalue weighted by Crippen LogP contribution is -2.36. The maximum Gasteiger partial charge on any atom is 0.223 e. The predicted octanol–water partition coefficient (Wildman–Crippen LogP) is 4.80. The van der Waals surface area contributed by atoms with Gasteiger partial charge in [-0.3, -0.25) is 14.9 Å². The van der Waals surface area contributed by atoms with Gasteiger partial charge in [0.25, 0.3) is 0 Å². The number of pyridine rings is 1. The summed E-state index contributed by atoms with van der Waals surface area (Å²) in [5, 5.41) is 18.6. The van der Waals surface area contributed by atoms with Crippen LogP contribution >= 0.6 is 0 Å². The molecule has 0 bridgehead atoms. The van der Waals surface area contributed by atoms with Crippen molar-refractivity contribution in [3.8, 4) is 28.4 Å². The van der Waals surface area contributed by atoms with E-state index < -0.39 is 0 Å². The fourth-order valence-electron chi connectivity index (χ4n) is 5.10. The molecule has 0 aliphatic carbocycles. The number of aromatic nitrogens is 5. The summed E-state index contributed by atoms with van der Waals surface area (Å²) < 4.78 is 0. The van der Waals surface area contributed by atoms with Crippen LogP contribution in [0.15, 0.2) is 60.9 Å². The molecular weight excluding hydrogens is 464 g/mol. The monoisotopic (exact) mass is 492 g/mol. The molecule has 0 atom stereocenters. The zero-order chi connectivity index (χ0) is 25.4. The van der Waals surface area contributed by atoms with Crippen molar-refractivity contribution in [2.45, 2.75) is 39.2 Å². The molecule has 2 aromatic carbocycles. The van der Waals surface area contributed by atoms with Crippen molar-refractivity contribution in [3.05, 3.63) is 83.4 Å². The molecule has 8 nitrogen and oxygen atoms in total. The van der Waals surface area contributed by atoms with E-state index >= 15 is 0 Å². The molecule has 1 amide bonds. The number of hydrogen-bond acceptors (Lipinski definition) is 5. The van der Waals surface area contributed by atoms with Crippen molar-refractivity contribution in [2.24, 2.45) is 0 Å². The zero-order valence-corrected chi connectivity index (χ0v) is 20.7. The number of benzene rings is 2. The lowest BCUT2D eigenvalue weighted by atomic mass is 9.97. The lowest BCUT2D eigenvalue weighted by Gasteiger charge is -2.26. The van der Waals surface area contributed by atoms with Gasteiger partial charge in [0, 0.05) is 37.2 Å². The second-order valence-electron chi connectivity index (χ2n) is 9.46. The quantitative estimate of drug-likeness (QED) is 0.315. The molecule has 37 heavy (non-hydrogen) atoms. The highest BCUT2D eigenvalue weighted by molar-refractivity contribution is 5.94. The zero-order valence-electron chi connectivity index (χ0n) is 20.7. The van der Waals surface area contributed by atoms with Gasteiger partial charge in [0.15, 0.2) is 5.82 Å². The van der Waals surface area contributed by atoms with Gasteiger partial charge in [0.05, 0.1) is 23.4 Å². The van der Waals surface area contributed by atoms with Crippen LogP contribution in [0.25, 0.3) is 33.5 Å². The van der Waals surface area contributed by atoms with Crippen LogP contribution in [-0.4, -0.2) is 47.6 Å². The Kier molecular flexibility index (Phi) is 5.92. The van der Waals surface area contributed by atoms with E-state index in [2.05, 4.69) is 45.3 Å². The summed E-state index contributed by atoms with van der Waals surface area (Å²) in [5.41, 5.74) is 7.99. The summed E-state index contributed by atoms with van der Waals surface area (Å²) in [7, 11) is 0. The Bertz CT molecular complexity index is 1590. The third-order valence-corrected chi connectivity index (χ3v) is 7.10. The molecule has 0 fully saturated rings. The average Bonchev–Trinajstić information content (AvgIpc) is 3.55. The van der Waals surface area contributed by atoms with Crippen molar-refractivity contribution in [1.82, 2.24) is 30.0 Å². The number of carbonyl (C=O) groups excluding carboxylic acids is 1. The van der Waals surface area contributed by atoms with Crippen molar-refractivity contribution in [2.75, 3.05) is 6.54 Å². The smallest absolute Gasteiger partial charge is 0.223 e. The molecule has 186 valence electrons.